The van der Waals surface area contributed by atoms with Crippen molar-refractivity contribution in [2.45, 2.75) is 45.1 Å². The molecule has 2 aliphatic rings. The van der Waals surface area contributed by atoms with E-state index >= 15 is 0 Å². The van der Waals surface area contributed by atoms with Gasteiger partial charge in [0.25, 0.3) is 11.8 Å². The third-order valence-corrected chi connectivity index (χ3v) is 6.48. The van der Waals surface area contributed by atoms with Gasteiger partial charge in [0.05, 0.1) is 5.56 Å². The van der Waals surface area contributed by atoms with E-state index in [-0.39, 0.29) is 24.1 Å². The number of anilines is 3. The molecule has 0 fully saturated rings. The number of hydrogen-bond donors (Lipinski definition) is 3. The third kappa shape index (κ3) is 3.58. The van der Waals surface area contributed by atoms with Crippen molar-refractivity contribution in [1.29, 1.82) is 0 Å². The number of nitrogens with zero attached hydrogens (tertiary/aromatic N) is 2. The summed E-state index contributed by atoms with van der Waals surface area (Å²) in [5.74, 6) is -0.547. The average Bonchev–Trinajstić information content (AvgIpc) is 3.08. The Hall–Kier alpha value is -3.14. The van der Waals surface area contributed by atoms with Gasteiger partial charge in [-0.25, -0.2) is 4.98 Å². The van der Waals surface area contributed by atoms with Crippen LogP contribution in [0, 0.1) is 0 Å². The molecule has 0 saturated carbocycles. The van der Waals surface area contributed by atoms with Crippen LogP contribution in [0.2, 0.25) is 0 Å². The zero-order valence-electron chi connectivity index (χ0n) is 16.6. The smallest absolute Gasteiger partial charge is 0.269 e. The number of primary amides is 1. The number of nitrogens with two attached hydrogens (primary N) is 2. The van der Waals surface area contributed by atoms with Crippen molar-refractivity contribution in [2.24, 2.45) is 5.73 Å². The van der Waals surface area contributed by atoms with Gasteiger partial charge in [-0.3, -0.25) is 19.3 Å². The molecule has 3 amide bonds. The minimum Gasteiger partial charge on any atom is -0.477 e. The average molecular weight is 430 g/mol. The number of hydrogen-bond acceptors (Lipinski definition) is 7. The van der Waals surface area contributed by atoms with Crippen molar-refractivity contribution in [3.8, 4) is 5.75 Å². The molecule has 10 heteroatoms. The lowest BCUT2D eigenvalue weighted by atomic mass is 9.95. The van der Waals surface area contributed by atoms with Crippen LogP contribution in [0.4, 0.5) is 16.6 Å². The lowest BCUT2D eigenvalue weighted by Crippen LogP contribution is -2.49. The lowest BCUT2D eigenvalue weighted by molar-refractivity contribution is -0.128. The molecule has 0 spiro atoms. The number of fused-ring (bicyclic) bond motifs is 2. The minimum atomic E-state index is -0.703. The Morgan fingerprint density at radius 3 is 2.83 bits per heavy atom. The van der Waals surface area contributed by atoms with Crippen LogP contribution in [0.3, 0.4) is 0 Å². The maximum Gasteiger partial charge on any atom is 0.269 e. The van der Waals surface area contributed by atoms with Crippen molar-refractivity contribution in [1.82, 2.24) is 4.98 Å². The molecule has 2 aromatic rings. The van der Waals surface area contributed by atoms with E-state index in [1.54, 1.807) is 12.1 Å². The molecule has 9 nitrogen and oxygen atoms in total. The van der Waals surface area contributed by atoms with Crippen LogP contribution >= 0.6 is 11.3 Å². The van der Waals surface area contributed by atoms with Crippen molar-refractivity contribution >= 4 is 45.7 Å². The molecule has 1 unspecified atom stereocenters. The first-order chi connectivity index (χ1) is 14.4. The zero-order valence-corrected chi connectivity index (χ0v) is 17.4. The number of ether oxygens (including phenoxy) is 1. The van der Waals surface area contributed by atoms with Gasteiger partial charge in [-0.15, -0.1) is 11.3 Å². The van der Waals surface area contributed by atoms with E-state index in [4.69, 9.17) is 16.2 Å². The van der Waals surface area contributed by atoms with Crippen LogP contribution in [0.1, 0.15) is 47.0 Å². The van der Waals surface area contributed by atoms with E-state index in [2.05, 4.69) is 10.3 Å². The highest BCUT2D eigenvalue weighted by Crippen LogP contribution is 2.38. The van der Waals surface area contributed by atoms with Crippen LogP contribution in [-0.4, -0.2) is 35.4 Å². The monoisotopic (exact) mass is 429 g/mol. The highest BCUT2D eigenvalue weighted by Gasteiger charge is 2.36. The molecule has 2 aromatic heterocycles. The van der Waals surface area contributed by atoms with E-state index in [9.17, 15) is 14.4 Å². The Balaban J connectivity index is 1.60. The topological polar surface area (TPSA) is 141 Å². The number of pyridine rings is 1. The van der Waals surface area contributed by atoms with Crippen LogP contribution in [0.5, 0.6) is 5.75 Å². The summed E-state index contributed by atoms with van der Waals surface area (Å²) in [6, 6.07) is 3.21. The van der Waals surface area contributed by atoms with E-state index in [0.29, 0.717) is 22.7 Å². The van der Waals surface area contributed by atoms with Gasteiger partial charge < -0.3 is 21.5 Å². The summed E-state index contributed by atoms with van der Waals surface area (Å²) in [6.07, 6.45) is 3.42. The van der Waals surface area contributed by atoms with E-state index < -0.39 is 17.9 Å². The first-order valence-corrected chi connectivity index (χ1v) is 10.7. The number of carbonyl (C=O) groups excluding carboxylic acids is 3. The third-order valence-electron chi connectivity index (χ3n) is 5.27. The van der Waals surface area contributed by atoms with Crippen molar-refractivity contribution in [3.63, 3.8) is 0 Å². The number of nitrogens with one attached hydrogen (secondary N) is 1. The molecule has 1 atom stereocenters. The van der Waals surface area contributed by atoms with Crippen LogP contribution < -0.4 is 26.4 Å². The van der Waals surface area contributed by atoms with Crippen molar-refractivity contribution < 1.29 is 19.1 Å². The summed E-state index contributed by atoms with van der Waals surface area (Å²) in [7, 11) is 0. The second-order valence-electron chi connectivity index (χ2n) is 7.32. The Bertz CT molecular complexity index is 1030. The SMILES string of the molecule is CCC1Oc2ccc(N)nc2N(CC(=O)Nc2sc3c(c2C(N)=O)CCCC3)C1=O. The largest absolute Gasteiger partial charge is 0.477 e. The van der Waals surface area contributed by atoms with Gasteiger partial charge in [0.2, 0.25) is 5.91 Å². The van der Waals surface area contributed by atoms with E-state index in [1.807, 2.05) is 6.92 Å². The minimum absolute atomic E-state index is 0.209. The summed E-state index contributed by atoms with van der Waals surface area (Å²) >= 11 is 1.38. The predicted molar refractivity (Wildman–Crippen MR) is 114 cm³/mol. The Kier molecular flexibility index (Phi) is 5.33. The molecule has 0 radical (unpaired) electrons. The summed E-state index contributed by atoms with van der Waals surface area (Å²) in [5.41, 5.74) is 12.7. The summed E-state index contributed by atoms with van der Waals surface area (Å²) in [5, 5.41) is 3.22. The molecule has 4 rings (SSSR count). The normalized spacial score (nSPS) is 17.7. The van der Waals surface area contributed by atoms with Gasteiger partial charge in [-0.05, 0) is 49.8 Å². The summed E-state index contributed by atoms with van der Waals surface area (Å²) < 4.78 is 5.68. The molecule has 1 aliphatic carbocycles. The van der Waals surface area contributed by atoms with Crippen molar-refractivity contribution in [3.05, 3.63) is 28.1 Å². The molecule has 1 aliphatic heterocycles. The van der Waals surface area contributed by atoms with E-state index in [0.717, 1.165) is 36.1 Å². The maximum absolute atomic E-state index is 12.9. The number of nitrogen functional groups attached to an aromatic ring is 1. The molecular formula is C20H23N5O4S. The predicted octanol–water partition coefficient (Wildman–Crippen LogP) is 1.85. The van der Waals surface area contributed by atoms with Crippen LogP contribution in [0.15, 0.2) is 12.1 Å². The van der Waals surface area contributed by atoms with Crippen LogP contribution in [-0.2, 0) is 22.4 Å². The fraction of sp³-hybridized carbons (Fsp3) is 0.400. The second-order valence-corrected chi connectivity index (χ2v) is 8.43. The standard InChI is InChI=1S/C20H23N5O4S/c1-2-11-20(28)25(18-12(29-11)7-8-14(21)23-18)9-15(26)24-19-16(17(22)27)10-5-3-4-6-13(10)30-19/h7-8,11H,2-6,9H2,1H3,(H2,21,23)(H2,22,27)(H,24,26). The second kappa shape index (κ2) is 7.94. The van der Waals surface area contributed by atoms with Gasteiger partial charge in [0, 0.05) is 4.88 Å². The molecule has 5 N–H and O–H groups in total. The fourth-order valence-corrected chi connectivity index (χ4v) is 5.16. The number of amides is 3. The van der Waals surface area contributed by atoms with Gasteiger partial charge >= 0.3 is 0 Å². The molecule has 3 heterocycles. The molecule has 0 saturated heterocycles. The van der Waals surface area contributed by atoms with Crippen LogP contribution in [0.25, 0.3) is 0 Å². The molecule has 0 aromatic carbocycles. The maximum atomic E-state index is 12.9. The number of aromatic nitrogens is 1. The molecule has 158 valence electrons. The van der Waals surface area contributed by atoms with Crippen molar-refractivity contribution in [2.75, 3.05) is 22.5 Å². The van der Waals surface area contributed by atoms with E-state index in [1.165, 1.54) is 16.2 Å². The first-order valence-electron chi connectivity index (χ1n) is 9.87. The molecular weight excluding hydrogens is 406 g/mol. The number of carbonyl (C=O) groups is 3. The number of rotatable bonds is 5. The van der Waals surface area contributed by atoms with Gasteiger partial charge in [0.1, 0.15) is 17.4 Å². The van der Waals surface area contributed by atoms with Gasteiger partial charge in [0.15, 0.2) is 17.7 Å². The molecule has 0 bridgehead atoms. The van der Waals surface area contributed by atoms with Gasteiger partial charge in [-0.2, -0.15) is 0 Å². The highest BCUT2D eigenvalue weighted by molar-refractivity contribution is 7.17. The lowest BCUT2D eigenvalue weighted by Gasteiger charge is -2.32. The number of thiophene rings is 1. The zero-order chi connectivity index (χ0) is 21.4. The quantitative estimate of drug-likeness (QED) is 0.662. The summed E-state index contributed by atoms with van der Waals surface area (Å²) in [4.78, 5) is 44.2. The fourth-order valence-electron chi connectivity index (χ4n) is 3.85. The number of aryl methyl sites for hydroxylation is 1. The van der Waals surface area contributed by atoms with Gasteiger partial charge in [-0.1, -0.05) is 6.92 Å². The molecule has 30 heavy (non-hydrogen) atoms. The first kappa shape index (κ1) is 20.1. The highest BCUT2D eigenvalue weighted by atomic mass is 32.1. The Morgan fingerprint density at radius 2 is 2.10 bits per heavy atom. The Morgan fingerprint density at radius 1 is 1.33 bits per heavy atom. The summed E-state index contributed by atoms with van der Waals surface area (Å²) in [6.45, 7) is 1.55. The Labute approximate surface area is 177 Å².